The largest absolute Gasteiger partial charge is 0.378 e. The van der Waals surface area contributed by atoms with Crippen LogP contribution in [0.1, 0.15) is 41.9 Å². The number of nitrogens with zero attached hydrogens (tertiary/aromatic N) is 5. The summed E-state index contributed by atoms with van der Waals surface area (Å²) in [6, 6.07) is 8.55. The first-order valence-corrected chi connectivity index (χ1v) is 8.08. The van der Waals surface area contributed by atoms with Gasteiger partial charge in [-0.3, -0.25) is 4.79 Å². The Balaban J connectivity index is 1.88. The SMILES string of the molecule is CCn1nncc1C(=O)N1CCCC1c1cccc(N(C)C)c1. The normalized spacial score (nSPS) is 17.5. The second kappa shape index (κ2) is 6.40. The highest BCUT2D eigenvalue weighted by molar-refractivity contribution is 5.92. The molecule has 1 aromatic carbocycles. The summed E-state index contributed by atoms with van der Waals surface area (Å²) in [7, 11) is 4.06. The minimum Gasteiger partial charge on any atom is -0.378 e. The lowest BCUT2D eigenvalue weighted by Gasteiger charge is -2.26. The molecule has 6 heteroatoms. The third-order valence-corrected chi connectivity index (χ3v) is 4.42. The Morgan fingerprint density at radius 1 is 1.39 bits per heavy atom. The summed E-state index contributed by atoms with van der Waals surface area (Å²) in [5.41, 5.74) is 2.92. The molecule has 23 heavy (non-hydrogen) atoms. The van der Waals surface area contributed by atoms with Gasteiger partial charge in [0.2, 0.25) is 0 Å². The number of benzene rings is 1. The topological polar surface area (TPSA) is 54.3 Å². The number of aromatic nitrogens is 3. The zero-order valence-electron chi connectivity index (χ0n) is 13.9. The predicted molar refractivity (Wildman–Crippen MR) is 89.5 cm³/mol. The number of anilines is 1. The van der Waals surface area contributed by atoms with E-state index in [2.05, 4.69) is 39.5 Å². The molecule has 6 nitrogen and oxygen atoms in total. The maximum Gasteiger partial charge on any atom is 0.274 e. The molecule has 3 rings (SSSR count). The number of hydrogen-bond donors (Lipinski definition) is 0. The molecule has 1 fully saturated rings. The number of rotatable bonds is 4. The molecule has 0 bridgehead atoms. The van der Waals surface area contributed by atoms with Crippen molar-refractivity contribution in [1.29, 1.82) is 0 Å². The summed E-state index contributed by atoms with van der Waals surface area (Å²) >= 11 is 0. The molecule has 0 radical (unpaired) electrons. The molecule has 1 aromatic heterocycles. The van der Waals surface area contributed by atoms with Crippen LogP contribution in [0.5, 0.6) is 0 Å². The predicted octanol–water partition coefficient (Wildman–Crippen LogP) is 2.34. The van der Waals surface area contributed by atoms with E-state index in [-0.39, 0.29) is 11.9 Å². The molecule has 0 N–H and O–H groups in total. The Morgan fingerprint density at radius 2 is 2.22 bits per heavy atom. The molecular formula is C17H23N5O. The number of hydrogen-bond acceptors (Lipinski definition) is 4. The van der Waals surface area contributed by atoms with E-state index in [9.17, 15) is 4.79 Å². The van der Waals surface area contributed by atoms with E-state index in [1.54, 1.807) is 10.9 Å². The Hall–Kier alpha value is -2.37. The van der Waals surface area contributed by atoms with Gasteiger partial charge in [-0.25, -0.2) is 4.68 Å². The van der Waals surface area contributed by atoms with Crippen LogP contribution in [-0.2, 0) is 6.54 Å². The van der Waals surface area contributed by atoms with Gasteiger partial charge in [0.1, 0.15) is 5.69 Å². The van der Waals surface area contributed by atoms with Crippen LogP contribution < -0.4 is 4.90 Å². The van der Waals surface area contributed by atoms with E-state index in [1.807, 2.05) is 25.9 Å². The van der Waals surface area contributed by atoms with Gasteiger partial charge in [-0.2, -0.15) is 0 Å². The fourth-order valence-electron chi connectivity index (χ4n) is 3.17. The Labute approximate surface area is 136 Å². The number of amides is 1. The first-order chi connectivity index (χ1) is 11.1. The Bertz CT molecular complexity index is 694. The molecule has 1 amide bonds. The van der Waals surface area contributed by atoms with Crippen LogP contribution >= 0.6 is 0 Å². The van der Waals surface area contributed by atoms with Gasteiger partial charge < -0.3 is 9.80 Å². The van der Waals surface area contributed by atoms with Gasteiger partial charge in [-0.15, -0.1) is 5.10 Å². The van der Waals surface area contributed by atoms with Crippen LogP contribution in [-0.4, -0.2) is 46.4 Å². The van der Waals surface area contributed by atoms with Crippen molar-refractivity contribution >= 4 is 11.6 Å². The van der Waals surface area contributed by atoms with E-state index < -0.39 is 0 Å². The average molecular weight is 313 g/mol. The summed E-state index contributed by atoms with van der Waals surface area (Å²) < 4.78 is 1.66. The average Bonchev–Trinajstić information content (AvgIpc) is 3.23. The number of likely N-dealkylation sites (tertiary alicyclic amines) is 1. The summed E-state index contributed by atoms with van der Waals surface area (Å²) in [5.74, 6) is 0.0228. The van der Waals surface area contributed by atoms with Crippen LogP contribution in [0.25, 0.3) is 0 Å². The van der Waals surface area contributed by atoms with Crippen molar-refractivity contribution in [3.8, 4) is 0 Å². The standard InChI is InChI=1S/C17H23N5O/c1-4-22-16(12-18-19-22)17(23)21-10-6-9-15(21)13-7-5-8-14(11-13)20(2)3/h5,7-8,11-12,15H,4,6,9-10H2,1-3H3. The lowest BCUT2D eigenvalue weighted by atomic mass is 10.0. The van der Waals surface area contributed by atoms with Gasteiger partial charge in [0, 0.05) is 32.9 Å². The van der Waals surface area contributed by atoms with Crippen molar-refractivity contribution in [3.63, 3.8) is 0 Å². The highest BCUT2D eigenvalue weighted by Gasteiger charge is 2.32. The minimum absolute atomic E-state index is 0.0228. The second-order valence-electron chi connectivity index (χ2n) is 6.08. The molecule has 1 aliphatic rings. The second-order valence-corrected chi connectivity index (χ2v) is 6.08. The van der Waals surface area contributed by atoms with Crippen LogP contribution in [0.3, 0.4) is 0 Å². The number of carbonyl (C=O) groups excluding carboxylic acids is 1. The third kappa shape index (κ3) is 2.93. The Morgan fingerprint density at radius 3 is 2.96 bits per heavy atom. The third-order valence-electron chi connectivity index (χ3n) is 4.42. The lowest BCUT2D eigenvalue weighted by Crippen LogP contribution is -2.32. The summed E-state index contributed by atoms with van der Waals surface area (Å²) in [6.45, 7) is 3.40. The fraction of sp³-hybridized carbons (Fsp3) is 0.471. The van der Waals surface area contributed by atoms with Crippen molar-refractivity contribution in [2.75, 3.05) is 25.5 Å². The number of carbonyl (C=O) groups is 1. The van der Waals surface area contributed by atoms with Crippen molar-refractivity contribution < 1.29 is 4.79 Å². The molecule has 122 valence electrons. The maximum absolute atomic E-state index is 12.9. The van der Waals surface area contributed by atoms with Gasteiger partial charge in [-0.1, -0.05) is 17.3 Å². The highest BCUT2D eigenvalue weighted by Crippen LogP contribution is 2.34. The molecule has 1 saturated heterocycles. The fourth-order valence-corrected chi connectivity index (χ4v) is 3.17. The highest BCUT2D eigenvalue weighted by atomic mass is 16.2. The minimum atomic E-state index is 0.0228. The molecule has 1 atom stereocenters. The molecule has 2 heterocycles. The number of aryl methyl sites for hydroxylation is 1. The maximum atomic E-state index is 12.9. The van der Waals surface area contributed by atoms with Gasteiger partial charge in [0.25, 0.3) is 5.91 Å². The molecule has 0 spiro atoms. The molecule has 1 aliphatic heterocycles. The first-order valence-electron chi connectivity index (χ1n) is 8.08. The van der Waals surface area contributed by atoms with Crippen molar-refractivity contribution in [3.05, 3.63) is 41.7 Å². The van der Waals surface area contributed by atoms with Crippen LogP contribution in [0.4, 0.5) is 5.69 Å². The summed E-state index contributed by atoms with van der Waals surface area (Å²) in [5, 5.41) is 7.85. The van der Waals surface area contributed by atoms with Crippen molar-refractivity contribution in [2.45, 2.75) is 32.4 Å². The summed E-state index contributed by atoms with van der Waals surface area (Å²) in [4.78, 5) is 16.9. The van der Waals surface area contributed by atoms with Gasteiger partial charge in [-0.05, 0) is 37.5 Å². The van der Waals surface area contributed by atoms with E-state index >= 15 is 0 Å². The zero-order valence-corrected chi connectivity index (χ0v) is 13.9. The molecule has 1 unspecified atom stereocenters. The monoisotopic (exact) mass is 313 g/mol. The summed E-state index contributed by atoms with van der Waals surface area (Å²) in [6.07, 6.45) is 3.59. The van der Waals surface area contributed by atoms with Crippen molar-refractivity contribution in [2.24, 2.45) is 0 Å². The zero-order chi connectivity index (χ0) is 16.4. The van der Waals surface area contributed by atoms with E-state index in [0.29, 0.717) is 12.2 Å². The molecule has 0 saturated carbocycles. The van der Waals surface area contributed by atoms with E-state index in [1.165, 1.54) is 5.56 Å². The molecule has 2 aromatic rings. The van der Waals surface area contributed by atoms with Gasteiger partial charge >= 0.3 is 0 Å². The molecule has 0 aliphatic carbocycles. The Kier molecular flexibility index (Phi) is 4.32. The van der Waals surface area contributed by atoms with E-state index in [0.717, 1.165) is 25.1 Å². The van der Waals surface area contributed by atoms with Gasteiger partial charge in [0.05, 0.1) is 12.2 Å². The van der Waals surface area contributed by atoms with Crippen LogP contribution in [0, 0.1) is 0 Å². The van der Waals surface area contributed by atoms with Crippen LogP contribution in [0.2, 0.25) is 0 Å². The first kappa shape index (κ1) is 15.5. The smallest absolute Gasteiger partial charge is 0.274 e. The lowest BCUT2D eigenvalue weighted by molar-refractivity contribution is 0.0723. The van der Waals surface area contributed by atoms with Crippen LogP contribution in [0.15, 0.2) is 30.5 Å². The van der Waals surface area contributed by atoms with Gasteiger partial charge in [0.15, 0.2) is 0 Å². The van der Waals surface area contributed by atoms with Crippen molar-refractivity contribution in [1.82, 2.24) is 19.9 Å². The van der Waals surface area contributed by atoms with E-state index in [4.69, 9.17) is 0 Å². The quantitative estimate of drug-likeness (QED) is 0.869. The molecular weight excluding hydrogens is 290 g/mol.